The van der Waals surface area contributed by atoms with Crippen molar-refractivity contribution in [3.63, 3.8) is 0 Å². The predicted octanol–water partition coefficient (Wildman–Crippen LogP) is 3.70. The van der Waals surface area contributed by atoms with Crippen LogP contribution in [0.15, 0.2) is 23.8 Å². The quantitative estimate of drug-likeness (QED) is 0.520. The van der Waals surface area contributed by atoms with E-state index in [2.05, 4.69) is 32.1 Å². The van der Waals surface area contributed by atoms with Gasteiger partial charge in [0.2, 0.25) is 0 Å². The van der Waals surface area contributed by atoms with Gasteiger partial charge >= 0.3 is 0 Å². The fourth-order valence-corrected chi connectivity index (χ4v) is 0.799. The normalized spacial score (nSPS) is 12.9. The van der Waals surface area contributed by atoms with Gasteiger partial charge in [0.05, 0.1) is 0 Å². The molecule has 0 aliphatic heterocycles. The lowest BCUT2D eigenvalue weighted by Gasteiger charge is -1.95. The van der Waals surface area contributed by atoms with Gasteiger partial charge in [-0.1, -0.05) is 37.1 Å². The standard InChI is InChI=1S/C10H18/c1-4-6-8-10(3)9-7-5-2/h4,6,8H,5,7,9H2,1-3H3/b6-4+,10-8+. The van der Waals surface area contributed by atoms with E-state index in [0.29, 0.717) is 0 Å². The first-order chi connectivity index (χ1) is 4.81. The highest BCUT2D eigenvalue weighted by molar-refractivity contribution is 5.09. The molecule has 10 heavy (non-hydrogen) atoms. The van der Waals surface area contributed by atoms with Gasteiger partial charge in [-0.25, -0.2) is 0 Å². The van der Waals surface area contributed by atoms with E-state index in [1.54, 1.807) is 0 Å². The molecule has 0 rings (SSSR count). The SMILES string of the molecule is C/C=C/C=C(\C)CCCC. The summed E-state index contributed by atoms with van der Waals surface area (Å²) in [5, 5.41) is 0. The molecule has 0 bridgehead atoms. The monoisotopic (exact) mass is 138 g/mol. The zero-order chi connectivity index (χ0) is 7.82. The molecule has 0 atom stereocenters. The summed E-state index contributed by atoms with van der Waals surface area (Å²) >= 11 is 0. The van der Waals surface area contributed by atoms with Crippen LogP contribution in [0.4, 0.5) is 0 Å². The van der Waals surface area contributed by atoms with E-state index in [9.17, 15) is 0 Å². The highest BCUT2D eigenvalue weighted by atomic mass is 13.9. The van der Waals surface area contributed by atoms with E-state index in [1.165, 1.54) is 24.8 Å². The Labute approximate surface area is 64.6 Å². The van der Waals surface area contributed by atoms with Crippen molar-refractivity contribution < 1.29 is 0 Å². The van der Waals surface area contributed by atoms with Gasteiger partial charge in [0.25, 0.3) is 0 Å². The van der Waals surface area contributed by atoms with Gasteiger partial charge in [0.1, 0.15) is 0 Å². The smallest absolute Gasteiger partial charge is 0.0320 e. The molecule has 0 heteroatoms. The van der Waals surface area contributed by atoms with Gasteiger partial charge < -0.3 is 0 Å². The zero-order valence-electron chi connectivity index (χ0n) is 7.35. The molecule has 0 saturated carbocycles. The first-order valence-electron chi connectivity index (χ1n) is 4.09. The van der Waals surface area contributed by atoms with Gasteiger partial charge in [-0.05, 0) is 26.7 Å². The highest BCUT2D eigenvalue weighted by Crippen LogP contribution is 2.05. The van der Waals surface area contributed by atoms with E-state index in [0.717, 1.165) is 0 Å². The van der Waals surface area contributed by atoms with Crippen molar-refractivity contribution in [3.05, 3.63) is 23.8 Å². The summed E-state index contributed by atoms with van der Waals surface area (Å²) in [6, 6.07) is 0. The maximum Gasteiger partial charge on any atom is -0.0320 e. The van der Waals surface area contributed by atoms with Crippen molar-refractivity contribution in [1.82, 2.24) is 0 Å². The van der Waals surface area contributed by atoms with Crippen LogP contribution in [0, 0.1) is 0 Å². The minimum Gasteiger partial charge on any atom is -0.0877 e. The van der Waals surface area contributed by atoms with E-state index in [-0.39, 0.29) is 0 Å². The second-order valence-corrected chi connectivity index (χ2v) is 2.64. The Balaban J connectivity index is 3.49. The van der Waals surface area contributed by atoms with Crippen LogP contribution in [0.5, 0.6) is 0 Å². The molecule has 0 fully saturated rings. The molecule has 0 aromatic rings. The minimum absolute atomic E-state index is 1.25. The predicted molar refractivity (Wildman–Crippen MR) is 48.1 cm³/mol. The molecule has 0 spiro atoms. The van der Waals surface area contributed by atoms with Crippen molar-refractivity contribution in [2.75, 3.05) is 0 Å². The molecule has 0 heterocycles. The highest BCUT2D eigenvalue weighted by Gasteiger charge is 1.85. The van der Waals surface area contributed by atoms with Crippen LogP contribution in [-0.2, 0) is 0 Å². The van der Waals surface area contributed by atoms with Crippen LogP contribution in [0.1, 0.15) is 40.0 Å². The molecule has 0 amide bonds. The molecule has 0 aliphatic carbocycles. The molecular formula is C10H18. The van der Waals surface area contributed by atoms with Gasteiger partial charge in [-0.3, -0.25) is 0 Å². The lowest BCUT2D eigenvalue weighted by molar-refractivity contribution is 0.787. The topological polar surface area (TPSA) is 0 Å². The Bertz CT molecular complexity index is 118. The molecule has 0 nitrogen and oxygen atoms in total. The van der Waals surface area contributed by atoms with Crippen LogP contribution in [0.2, 0.25) is 0 Å². The largest absolute Gasteiger partial charge is 0.0877 e. The molecule has 58 valence electrons. The Kier molecular flexibility index (Phi) is 6.25. The van der Waals surface area contributed by atoms with Crippen LogP contribution in [-0.4, -0.2) is 0 Å². The molecule has 0 N–H and O–H groups in total. The molecule has 0 aromatic heterocycles. The van der Waals surface area contributed by atoms with E-state index in [1.807, 2.05) is 6.92 Å². The second-order valence-electron chi connectivity index (χ2n) is 2.64. The van der Waals surface area contributed by atoms with Crippen molar-refractivity contribution in [2.24, 2.45) is 0 Å². The maximum absolute atomic E-state index is 2.23. The van der Waals surface area contributed by atoms with Crippen molar-refractivity contribution >= 4 is 0 Å². The summed E-state index contributed by atoms with van der Waals surface area (Å²) in [4.78, 5) is 0. The fraction of sp³-hybridized carbons (Fsp3) is 0.600. The van der Waals surface area contributed by atoms with Crippen LogP contribution >= 0.6 is 0 Å². The van der Waals surface area contributed by atoms with Crippen LogP contribution < -0.4 is 0 Å². The maximum atomic E-state index is 2.23. The molecule has 0 radical (unpaired) electrons. The van der Waals surface area contributed by atoms with E-state index < -0.39 is 0 Å². The number of hydrogen-bond acceptors (Lipinski definition) is 0. The molecular weight excluding hydrogens is 120 g/mol. The third-order valence-electron chi connectivity index (χ3n) is 1.50. The number of allylic oxidation sites excluding steroid dienone is 4. The average Bonchev–Trinajstić information content (AvgIpc) is 1.97. The van der Waals surface area contributed by atoms with E-state index >= 15 is 0 Å². The number of hydrogen-bond donors (Lipinski definition) is 0. The lowest BCUT2D eigenvalue weighted by atomic mass is 10.1. The number of rotatable bonds is 4. The van der Waals surface area contributed by atoms with Gasteiger partial charge in [-0.2, -0.15) is 0 Å². The second kappa shape index (κ2) is 6.60. The van der Waals surface area contributed by atoms with Gasteiger partial charge in [0.15, 0.2) is 0 Å². The van der Waals surface area contributed by atoms with Crippen LogP contribution in [0.25, 0.3) is 0 Å². The van der Waals surface area contributed by atoms with Crippen molar-refractivity contribution in [1.29, 1.82) is 0 Å². The summed E-state index contributed by atoms with van der Waals surface area (Å²) in [6.07, 6.45) is 10.2. The first kappa shape index (κ1) is 9.48. The zero-order valence-corrected chi connectivity index (χ0v) is 7.35. The lowest BCUT2D eigenvalue weighted by Crippen LogP contribution is -1.75. The van der Waals surface area contributed by atoms with Crippen LogP contribution in [0.3, 0.4) is 0 Å². The van der Waals surface area contributed by atoms with E-state index in [4.69, 9.17) is 0 Å². The van der Waals surface area contributed by atoms with Gasteiger partial charge in [0, 0.05) is 0 Å². The summed E-state index contributed by atoms with van der Waals surface area (Å²) < 4.78 is 0. The Hall–Kier alpha value is -0.520. The Morgan fingerprint density at radius 1 is 1.40 bits per heavy atom. The summed E-state index contributed by atoms with van der Waals surface area (Å²) in [5.41, 5.74) is 1.49. The average molecular weight is 138 g/mol. The van der Waals surface area contributed by atoms with Crippen molar-refractivity contribution in [2.45, 2.75) is 40.0 Å². The number of unbranched alkanes of at least 4 members (excludes halogenated alkanes) is 1. The molecule has 0 saturated heterocycles. The Morgan fingerprint density at radius 3 is 2.60 bits per heavy atom. The first-order valence-corrected chi connectivity index (χ1v) is 4.09. The fourth-order valence-electron chi connectivity index (χ4n) is 0.799. The molecule has 0 aromatic carbocycles. The minimum atomic E-state index is 1.25. The summed E-state index contributed by atoms with van der Waals surface area (Å²) in [6.45, 7) is 6.46. The van der Waals surface area contributed by atoms with Gasteiger partial charge in [-0.15, -0.1) is 0 Å². The molecule has 0 unspecified atom stereocenters. The molecule has 0 aliphatic rings. The summed E-state index contributed by atoms with van der Waals surface area (Å²) in [7, 11) is 0. The third-order valence-corrected chi connectivity index (χ3v) is 1.50. The Morgan fingerprint density at radius 2 is 2.10 bits per heavy atom. The summed E-state index contributed by atoms with van der Waals surface area (Å²) in [5.74, 6) is 0. The third kappa shape index (κ3) is 5.61. The van der Waals surface area contributed by atoms with Crippen molar-refractivity contribution in [3.8, 4) is 0 Å².